The molecule has 1 saturated heterocycles. The Morgan fingerprint density at radius 3 is 1.74 bits per heavy atom. The molecule has 0 bridgehead atoms. The van der Waals surface area contributed by atoms with E-state index in [2.05, 4.69) is 16.6 Å². The summed E-state index contributed by atoms with van der Waals surface area (Å²) in [5.74, 6) is 5.46. The highest BCUT2D eigenvalue weighted by Gasteiger charge is 2.53. The highest BCUT2D eigenvalue weighted by Crippen LogP contribution is 2.40. The first-order valence-corrected chi connectivity index (χ1v) is 20.9. The molecule has 294 valence electrons. The molecule has 54 heavy (non-hydrogen) atoms. The van der Waals surface area contributed by atoms with E-state index >= 15 is 0 Å². The lowest BCUT2D eigenvalue weighted by molar-refractivity contribution is -0.252. The smallest absolute Gasteiger partial charge is 0.196 e. The Hall–Kier alpha value is -2.59. The molecule has 3 aromatic carbocycles. The molecule has 0 aliphatic carbocycles. The number of halogens is 2. The van der Waals surface area contributed by atoms with Crippen molar-refractivity contribution in [1.29, 1.82) is 0 Å². The molecule has 0 amide bonds. The molecule has 1 aliphatic heterocycles. The second kappa shape index (κ2) is 21.1. The summed E-state index contributed by atoms with van der Waals surface area (Å²) in [7, 11) is -1.57. The van der Waals surface area contributed by atoms with Gasteiger partial charge in [0.2, 0.25) is 0 Å². The van der Waals surface area contributed by atoms with E-state index in [-0.39, 0.29) is 37.2 Å². The first-order chi connectivity index (χ1) is 25.7. The highest BCUT2D eigenvalue weighted by molar-refractivity contribution is 8.14. The summed E-state index contributed by atoms with van der Waals surface area (Å²) in [6.07, 6.45) is -4.50. The summed E-state index contributed by atoms with van der Waals surface area (Å²) < 4.78 is 58.3. The maximum atomic E-state index is 14.2. The van der Waals surface area contributed by atoms with E-state index in [1.165, 1.54) is 0 Å². The molecule has 1 aliphatic rings. The van der Waals surface area contributed by atoms with Crippen molar-refractivity contribution in [3.8, 4) is 11.8 Å². The first kappa shape index (κ1) is 44.1. The quantitative estimate of drug-likeness (QED) is 0.115. The molecule has 0 radical (unpaired) electrons. The minimum Gasteiger partial charge on any atom is -0.368 e. The van der Waals surface area contributed by atoms with Crippen LogP contribution in [0.2, 0.25) is 0 Å². The summed E-state index contributed by atoms with van der Waals surface area (Å²) in [5.41, 5.74) is 1.29. The number of benzene rings is 3. The summed E-state index contributed by atoms with van der Waals surface area (Å²) in [4.78, 5) is 13.8. The van der Waals surface area contributed by atoms with Gasteiger partial charge in [-0.25, -0.2) is 13.3 Å². The van der Waals surface area contributed by atoms with Crippen LogP contribution in [-0.4, -0.2) is 62.0 Å². The molecule has 1 heterocycles. The molecule has 0 unspecified atom stereocenters. The normalized spacial score (nSPS) is 22.7. The third-order valence-electron chi connectivity index (χ3n) is 8.73. The zero-order chi connectivity index (χ0) is 39.3. The summed E-state index contributed by atoms with van der Waals surface area (Å²) in [6.45, 7) is 13.8. The average Bonchev–Trinajstić information content (AvgIpc) is 3.15. The molecular formula is C43H55ClFNO6S2. The van der Waals surface area contributed by atoms with E-state index in [4.69, 9.17) is 30.5 Å². The SMILES string of the molecule is C[C@H](C#CC[C@H](F)CCl)[C@@H](N[S@](=O)C(C)(C)C)[C@H]1O[C@H](SC(=O)C(C)(C)C)[C@H](OCc2ccccc2)[C@@H](OCc2ccccc2)[C@H]1OCc1ccccc1. The third-order valence-corrected chi connectivity index (χ3v) is 12.1. The van der Waals surface area contributed by atoms with Gasteiger partial charge in [-0.1, -0.05) is 135 Å². The monoisotopic (exact) mass is 799 g/mol. The largest absolute Gasteiger partial charge is 0.368 e. The molecule has 7 nitrogen and oxygen atoms in total. The van der Waals surface area contributed by atoms with Gasteiger partial charge in [0.15, 0.2) is 5.12 Å². The lowest BCUT2D eigenvalue weighted by Crippen LogP contribution is -2.65. The Morgan fingerprint density at radius 2 is 1.30 bits per heavy atom. The zero-order valence-electron chi connectivity index (χ0n) is 32.3. The third kappa shape index (κ3) is 13.6. The van der Waals surface area contributed by atoms with E-state index in [1.54, 1.807) is 0 Å². The Labute approximate surface area is 333 Å². The maximum Gasteiger partial charge on any atom is 0.196 e. The van der Waals surface area contributed by atoms with Gasteiger partial charge < -0.3 is 18.9 Å². The van der Waals surface area contributed by atoms with E-state index < -0.39 is 69.1 Å². The van der Waals surface area contributed by atoms with Gasteiger partial charge in [-0.3, -0.25) is 4.79 Å². The van der Waals surface area contributed by atoms with Gasteiger partial charge in [0, 0.05) is 17.8 Å². The standard InChI is InChI=1S/C43H55ClFNO6S2/c1-30(18-17-25-34(45)26-44)35(46-54(48)43(5,6)7)36-37(49-27-31-19-11-8-12-20-31)38(50-28-32-21-13-9-14-22-32)39(51-29-33-23-15-10-16-24-33)40(52-36)53-41(47)42(2,3)4/h8-16,19-24,30,34-40,46H,25-29H2,1-7H3/t30-,34+,35-,36-,37+,38+,39-,40-,54-/m1/s1. The van der Waals surface area contributed by atoms with Crippen molar-refractivity contribution < 1.29 is 32.3 Å². The lowest BCUT2D eigenvalue weighted by Gasteiger charge is -2.49. The van der Waals surface area contributed by atoms with Gasteiger partial charge in [0.05, 0.1) is 47.5 Å². The number of rotatable bonds is 16. The number of carbonyl (C=O) groups is 1. The Bertz CT molecular complexity index is 1660. The molecule has 0 spiro atoms. The number of ether oxygens (including phenoxy) is 4. The van der Waals surface area contributed by atoms with Crippen LogP contribution in [-0.2, 0) is 54.5 Å². The molecule has 0 aromatic heterocycles. The van der Waals surface area contributed by atoms with E-state index in [0.29, 0.717) is 0 Å². The number of hydrogen-bond donors (Lipinski definition) is 1. The molecule has 1 N–H and O–H groups in total. The molecule has 0 saturated carbocycles. The van der Waals surface area contributed by atoms with Crippen LogP contribution in [0.15, 0.2) is 91.0 Å². The Morgan fingerprint density at radius 1 is 0.833 bits per heavy atom. The highest BCUT2D eigenvalue weighted by atomic mass is 35.5. The molecule has 1 fully saturated rings. The van der Waals surface area contributed by atoms with Crippen LogP contribution in [0.1, 0.15) is 71.6 Å². The van der Waals surface area contributed by atoms with E-state index in [9.17, 15) is 13.4 Å². The van der Waals surface area contributed by atoms with Crippen LogP contribution < -0.4 is 4.72 Å². The Kier molecular flexibility index (Phi) is 17.2. The lowest BCUT2D eigenvalue weighted by atomic mass is 9.88. The number of thioether (sulfide) groups is 1. The van der Waals surface area contributed by atoms with Crippen molar-refractivity contribution in [2.45, 2.75) is 122 Å². The predicted octanol–water partition coefficient (Wildman–Crippen LogP) is 8.80. The van der Waals surface area contributed by atoms with Crippen molar-refractivity contribution in [3.63, 3.8) is 0 Å². The first-order valence-electron chi connectivity index (χ1n) is 18.4. The van der Waals surface area contributed by atoms with Crippen molar-refractivity contribution in [2.75, 3.05) is 5.88 Å². The molecule has 4 rings (SSSR count). The summed E-state index contributed by atoms with van der Waals surface area (Å²) in [5, 5.41) is -0.0873. The van der Waals surface area contributed by atoms with Crippen LogP contribution in [0.4, 0.5) is 4.39 Å². The van der Waals surface area contributed by atoms with Crippen LogP contribution in [0.3, 0.4) is 0 Å². The van der Waals surface area contributed by atoms with Gasteiger partial charge in [-0.2, -0.15) is 0 Å². The van der Waals surface area contributed by atoms with Crippen LogP contribution in [0.25, 0.3) is 0 Å². The minimum absolute atomic E-state index is 0.0425. The summed E-state index contributed by atoms with van der Waals surface area (Å²) >= 11 is 6.81. The van der Waals surface area contributed by atoms with Gasteiger partial charge in [0.25, 0.3) is 0 Å². The fourth-order valence-electron chi connectivity index (χ4n) is 5.59. The van der Waals surface area contributed by atoms with Gasteiger partial charge >= 0.3 is 0 Å². The fraction of sp³-hybridized carbons (Fsp3) is 0.512. The maximum absolute atomic E-state index is 14.2. The zero-order valence-corrected chi connectivity index (χ0v) is 34.7. The predicted molar refractivity (Wildman–Crippen MR) is 218 cm³/mol. The van der Waals surface area contributed by atoms with Crippen LogP contribution in [0, 0.1) is 23.2 Å². The second-order valence-electron chi connectivity index (χ2n) is 15.5. The van der Waals surface area contributed by atoms with E-state index in [0.717, 1.165) is 28.5 Å². The van der Waals surface area contributed by atoms with Crippen molar-refractivity contribution in [2.24, 2.45) is 11.3 Å². The number of hydrogen-bond acceptors (Lipinski definition) is 7. The van der Waals surface area contributed by atoms with Crippen molar-refractivity contribution in [1.82, 2.24) is 4.72 Å². The van der Waals surface area contributed by atoms with E-state index in [1.807, 2.05) is 139 Å². The summed E-state index contributed by atoms with van der Waals surface area (Å²) in [6, 6.07) is 28.7. The molecule has 11 heteroatoms. The van der Waals surface area contributed by atoms with Crippen molar-refractivity contribution >= 4 is 39.5 Å². The number of carbonyl (C=O) groups excluding carboxylic acids is 1. The fourth-order valence-corrected chi connectivity index (χ4v) is 7.75. The van der Waals surface area contributed by atoms with Crippen LogP contribution in [0.5, 0.6) is 0 Å². The Balaban J connectivity index is 1.87. The van der Waals surface area contributed by atoms with Crippen LogP contribution >= 0.6 is 23.4 Å². The number of nitrogens with one attached hydrogen (secondary N) is 1. The second-order valence-corrected chi connectivity index (χ2v) is 18.9. The topological polar surface area (TPSA) is 83.1 Å². The van der Waals surface area contributed by atoms with Gasteiger partial charge in [-0.15, -0.1) is 11.6 Å². The molecular weight excluding hydrogens is 745 g/mol. The van der Waals surface area contributed by atoms with Gasteiger partial charge in [-0.05, 0) is 44.4 Å². The average molecular weight is 800 g/mol. The molecule has 9 atom stereocenters. The van der Waals surface area contributed by atoms with Gasteiger partial charge in [0.1, 0.15) is 36.0 Å². The molecule has 3 aromatic rings. The number of alkyl halides is 2. The van der Waals surface area contributed by atoms with Crippen molar-refractivity contribution in [3.05, 3.63) is 108 Å². The minimum atomic E-state index is -1.57.